The highest BCUT2D eigenvalue weighted by molar-refractivity contribution is 5.32. The van der Waals surface area contributed by atoms with Crippen LogP contribution in [0.25, 0.3) is 0 Å². The van der Waals surface area contributed by atoms with Crippen LogP contribution in [0.2, 0.25) is 0 Å². The number of hydrogen-bond donors (Lipinski definition) is 1. The van der Waals surface area contributed by atoms with Crippen LogP contribution in [0.15, 0.2) is 18.2 Å². The van der Waals surface area contributed by atoms with Gasteiger partial charge in [0, 0.05) is 13.6 Å². The Morgan fingerprint density at radius 1 is 1.33 bits per heavy atom. The minimum Gasteiger partial charge on any atom is -0.314 e. The van der Waals surface area contributed by atoms with Gasteiger partial charge in [0.05, 0.1) is 0 Å². The van der Waals surface area contributed by atoms with E-state index in [1.54, 1.807) is 7.05 Å². The van der Waals surface area contributed by atoms with Gasteiger partial charge in [0.1, 0.15) is 0 Å². The van der Waals surface area contributed by atoms with Crippen LogP contribution in [0.4, 0.5) is 0 Å². The molecule has 0 aliphatic heterocycles. The van der Waals surface area contributed by atoms with Crippen LogP contribution in [-0.4, -0.2) is 17.3 Å². The van der Waals surface area contributed by atoms with Gasteiger partial charge in [-0.05, 0) is 30.5 Å². The molecule has 0 fully saturated rings. The average Bonchev–Trinajstić information content (AvgIpc) is 1.98. The smallest absolute Gasteiger partial charge is 0.0488 e. The SMILES string of the molecule is Cc1cccc(CN(C)O)c1C. The molecule has 66 valence electrons. The second-order valence-electron chi connectivity index (χ2n) is 3.17. The summed E-state index contributed by atoms with van der Waals surface area (Å²) in [7, 11) is 1.65. The molecule has 0 aromatic heterocycles. The second-order valence-corrected chi connectivity index (χ2v) is 3.17. The average molecular weight is 165 g/mol. The molecule has 12 heavy (non-hydrogen) atoms. The van der Waals surface area contributed by atoms with E-state index < -0.39 is 0 Å². The van der Waals surface area contributed by atoms with E-state index in [0.29, 0.717) is 6.54 Å². The lowest BCUT2D eigenvalue weighted by atomic mass is 10.0. The van der Waals surface area contributed by atoms with Gasteiger partial charge in [0.2, 0.25) is 0 Å². The molecule has 0 saturated heterocycles. The summed E-state index contributed by atoms with van der Waals surface area (Å²) in [5, 5.41) is 10.3. The Hall–Kier alpha value is -0.860. The monoisotopic (exact) mass is 165 g/mol. The molecule has 1 rings (SSSR count). The summed E-state index contributed by atoms with van der Waals surface area (Å²) in [5.41, 5.74) is 3.72. The first-order chi connectivity index (χ1) is 5.61. The lowest BCUT2D eigenvalue weighted by molar-refractivity contribution is -0.0732. The lowest BCUT2D eigenvalue weighted by Crippen LogP contribution is -2.12. The van der Waals surface area contributed by atoms with E-state index in [9.17, 15) is 0 Å². The zero-order valence-electron chi connectivity index (χ0n) is 7.83. The highest BCUT2D eigenvalue weighted by Gasteiger charge is 2.01. The summed E-state index contributed by atoms with van der Waals surface area (Å²) in [5.74, 6) is 0. The maximum Gasteiger partial charge on any atom is 0.0488 e. The molecule has 0 unspecified atom stereocenters. The highest BCUT2D eigenvalue weighted by atomic mass is 16.5. The molecule has 0 atom stereocenters. The summed E-state index contributed by atoms with van der Waals surface area (Å²) in [6.07, 6.45) is 0. The van der Waals surface area contributed by atoms with E-state index in [2.05, 4.69) is 19.9 Å². The van der Waals surface area contributed by atoms with Crippen LogP contribution in [0, 0.1) is 13.8 Å². The minimum atomic E-state index is 0.591. The molecule has 1 N–H and O–H groups in total. The Bertz CT molecular complexity index is 269. The molecule has 1 aromatic rings. The van der Waals surface area contributed by atoms with Crippen LogP contribution in [0.1, 0.15) is 16.7 Å². The fourth-order valence-electron chi connectivity index (χ4n) is 1.23. The summed E-state index contributed by atoms with van der Waals surface area (Å²) in [6.45, 7) is 4.75. The van der Waals surface area contributed by atoms with Crippen molar-refractivity contribution in [2.24, 2.45) is 0 Å². The van der Waals surface area contributed by atoms with Crippen molar-refractivity contribution in [1.29, 1.82) is 0 Å². The molecule has 0 spiro atoms. The fraction of sp³-hybridized carbons (Fsp3) is 0.400. The van der Waals surface area contributed by atoms with Gasteiger partial charge in [-0.15, -0.1) is 0 Å². The van der Waals surface area contributed by atoms with Crippen LogP contribution < -0.4 is 0 Å². The largest absolute Gasteiger partial charge is 0.314 e. The quantitative estimate of drug-likeness (QED) is 0.678. The standard InChI is InChI=1S/C10H15NO/c1-8-5-4-6-10(9(8)2)7-11(3)12/h4-6,12H,7H2,1-3H3. The third kappa shape index (κ3) is 2.06. The topological polar surface area (TPSA) is 23.5 Å². The summed E-state index contributed by atoms with van der Waals surface area (Å²) in [4.78, 5) is 0. The Morgan fingerprint density at radius 3 is 2.58 bits per heavy atom. The van der Waals surface area contributed by atoms with E-state index in [0.717, 1.165) is 0 Å². The van der Waals surface area contributed by atoms with E-state index >= 15 is 0 Å². The van der Waals surface area contributed by atoms with Gasteiger partial charge in [-0.1, -0.05) is 18.2 Å². The third-order valence-corrected chi connectivity index (χ3v) is 2.12. The predicted octanol–water partition coefficient (Wildman–Crippen LogP) is 2.12. The first kappa shape index (κ1) is 9.23. The first-order valence-electron chi connectivity index (χ1n) is 4.06. The maximum atomic E-state index is 9.05. The zero-order valence-corrected chi connectivity index (χ0v) is 7.83. The molecule has 1 aromatic carbocycles. The Kier molecular flexibility index (Phi) is 2.84. The highest BCUT2D eigenvalue weighted by Crippen LogP contribution is 2.13. The van der Waals surface area contributed by atoms with E-state index in [-0.39, 0.29) is 0 Å². The van der Waals surface area contributed by atoms with Gasteiger partial charge in [-0.25, -0.2) is 0 Å². The molecule has 0 radical (unpaired) electrons. The van der Waals surface area contributed by atoms with Crippen molar-refractivity contribution < 1.29 is 5.21 Å². The molecule has 2 heteroatoms. The van der Waals surface area contributed by atoms with Crippen molar-refractivity contribution in [3.63, 3.8) is 0 Å². The van der Waals surface area contributed by atoms with E-state index in [1.165, 1.54) is 21.8 Å². The van der Waals surface area contributed by atoms with Crippen LogP contribution in [0.3, 0.4) is 0 Å². The van der Waals surface area contributed by atoms with Gasteiger partial charge < -0.3 is 5.21 Å². The molecule has 0 amide bonds. The number of hydrogen-bond acceptors (Lipinski definition) is 2. The molecule has 0 aliphatic carbocycles. The van der Waals surface area contributed by atoms with Gasteiger partial charge >= 0.3 is 0 Å². The summed E-state index contributed by atoms with van der Waals surface area (Å²) < 4.78 is 0. The Balaban J connectivity index is 2.92. The molecule has 0 aliphatic rings. The van der Waals surface area contributed by atoms with Crippen LogP contribution in [-0.2, 0) is 6.54 Å². The molecular formula is C10H15NO. The van der Waals surface area contributed by atoms with E-state index in [4.69, 9.17) is 5.21 Å². The number of rotatable bonds is 2. The van der Waals surface area contributed by atoms with Crippen LogP contribution in [0.5, 0.6) is 0 Å². The Morgan fingerprint density at radius 2 is 2.00 bits per heavy atom. The maximum absolute atomic E-state index is 9.05. The number of nitrogens with zero attached hydrogens (tertiary/aromatic N) is 1. The lowest BCUT2D eigenvalue weighted by Gasteiger charge is -2.11. The number of hydroxylamine groups is 2. The third-order valence-electron chi connectivity index (χ3n) is 2.12. The van der Waals surface area contributed by atoms with Crippen molar-refractivity contribution in [2.75, 3.05) is 7.05 Å². The second kappa shape index (κ2) is 3.70. The fourth-order valence-corrected chi connectivity index (χ4v) is 1.23. The predicted molar refractivity (Wildman–Crippen MR) is 49.2 cm³/mol. The molecule has 0 saturated carbocycles. The van der Waals surface area contributed by atoms with Gasteiger partial charge in [-0.3, -0.25) is 0 Å². The summed E-state index contributed by atoms with van der Waals surface area (Å²) in [6, 6.07) is 6.13. The van der Waals surface area contributed by atoms with Crippen molar-refractivity contribution in [3.8, 4) is 0 Å². The van der Waals surface area contributed by atoms with Crippen molar-refractivity contribution in [1.82, 2.24) is 5.06 Å². The van der Waals surface area contributed by atoms with E-state index in [1.807, 2.05) is 12.1 Å². The molecule has 2 nitrogen and oxygen atoms in total. The summed E-state index contributed by atoms with van der Waals surface area (Å²) >= 11 is 0. The van der Waals surface area contributed by atoms with Gasteiger partial charge in [-0.2, -0.15) is 5.06 Å². The zero-order chi connectivity index (χ0) is 9.14. The van der Waals surface area contributed by atoms with Gasteiger partial charge in [0.15, 0.2) is 0 Å². The van der Waals surface area contributed by atoms with Crippen molar-refractivity contribution in [3.05, 3.63) is 34.9 Å². The Labute approximate surface area is 73.4 Å². The molecule has 0 bridgehead atoms. The van der Waals surface area contributed by atoms with Crippen molar-refractivity contribution >= 4 is 0 Å². The van der Waals surface area contributed by atoms with Crippen molar-refractivity contribution in [2.45, 2.75) is 20.4 Å². The van der Waals surface area contributed by atoms with Crippen LogP contribution >= 0.6 is 0 Å². The normalized spacial score (nSPS) is 10.8. The number of aryl methyl sites for hydroxylation is 1. The minimum absolute atomic E-state index is 0.591. The number of benzene rings is 1. The molecule has 0 heterocycles. The first-order valence-corrected chi connectivity index (χ1v) is 4.06. The molecular weight excluding hydrogens is 150 g/mol. The van der Waals surface area contributed by atoms with Gasteiger partial charge in [0.25, 0.3) is 0 Å².